The second kappa shape index (κ2) is 5.33. The van der Waals surface area contributed by atoms with E-state index in [0.29, 0.717) is 24.3 Å². The first-order valence-electron chi connectivity index (χ1n) is 7.92. The van der Waals surface area contributed by atoms with E-state index in [1.807, 2.05) is 30.3 Å². The summed E-state index contributed by atoms with van der Waals surface area (Å²) >= 11 is 0. The SMILES string of the molecule is CN1C2CC(OC(=O)[C@H](CO)c3ccccc3)CC1[C@H]1OC21. The van der Waals surface area contributed by atoms with Crippen molar-refractivity contribution in [2.45, 2.75) is 49.2 Å². The number of likely N-dealkylation sites (N-methyl/N-ethyl adjacent to an activating group) is 1. The number of ether oxygens (including phenoxy) is 2. The number of esters is 1. The first kappa shape index (κ1) is 14.2. The average molecular weight is 303 g/mol. The first-order valence-corrected chi connectivity index (χ1v) is 7.92. The molecule has 1 aromatic rings. The number of carbonyl (C=O) groups excluding carboxylic acids is 1. The number of hydrogen-bond donors (Lipinski definition) is 1. The monoisotopic (exact) mass is 303 g/mol. The molecular weight excluding hydrogens is 282 g/mol. The number of piperidine rings is 1. The quantitative estimate of drug-likeness (QED) is 0.662. The summed E-state index contributed by atoms with van der Waals surface area (Å²) in [4.78, 5) is 14.8. The van der Waals surface area contributed by atoms with Gasteiger partial charge in [-0.15, -0.1) is 0 Å². The van der Waals surface area contributed by atoms with Gasteiger partial charge in [-0.3, -0.25) is 9.69 Å². The van der Waals surface area contributed by atoms with Crippen LogP contribution in [-0.4, -0.2) is 60.0 Å². The summed E-state index contributed by atoms with van der Waals surface area (Å²) in [6.07, 6.45) is 2.26. The smallest absolute Gasteiger partial charge is 0.316 e. The van der Waals surface area contributed by atoms with Crippen molar-refractivity contribution in [3.63, 3.8) is 0 Å². The molecule has 3 saturated heterocycles. The fourth-order valence-electron chi connectivity index (χ4n) is 4.04. The molecule has 1 N–H and O–H groups in total. The number of rotatable bonds is 4. The Labute approximate surface area is 129 Å². The lowest BCUT2D eigenvalue weighted by Gasteiger charge is -2.38. The van der Waals surface area contributed by atoms with Gasteiger partial charge in [-0.1, -0.05) is 30.3 Å². The topological polar surface area (TPSA) is 62.3 Å². The summed E-state index contributed by atoms with van der Waals surface area (Å²) in [5.41, 5.74) is 0.803. The van der Waals surface area contributed by atoms with E-state index in [9.17, 15) is 9.90 Å². The van der Waals surface area contributed by atoms with Crippen LogP contribution in [0.25, 0.3) is 0 Å². The van der Waals surface area contributed by atoms with E-state index in [-0.39, 0.29) is 18.7 Å². The second-order valence-corrected chi connectivity index (χ2v) is 6.54. The summed E-state index contributed by atoms with van der Waals surface area (Å²) in [7, 11) is 2.13. The molecule has 2 bridgehead atoms. The Balaban J connectivity index is 1.42. The fraction of sp³-hybridized carbons (Fsp3) is 0.588. The minimum absolute atomic E-state index is 0.0622. The van der Waals surface area contributed by atoms with Gasteiger partial charge >= 0.3 is 5.97 Å². The number of hydrogen-bond acceptors (Lipinski definition) is 5. The molecule has 0 aromatic heterocycles. The van der Waals surface area contributed by atoms with Gasteiger partial charge in [0.15, 0.2) is 0 Å². The molecule has 0 radical (unpaired) electrons. The Morgan fingerprint density at radius 2 is 1.95 bits per heavy atom. The van der Waals surface area contributed by atoms with Crippen molar-refractivity contribution in [3.8, 4) is 0 Å². The first-order chi connectivity index (χ1) is 10.7. The Bertz CT molecular complexity index is 545. The van der Waals surface area contributed by atoms with E-state index < -0.39 is 5.92 Å². The number of fused-ring (bicyclic) bond motifs is 5. The highest BCUT2D eigenvalue weighted by Crippen LogP contribution is 2.48. The van der Waals surface area contributed by atoms with Gasteiger partial charge in [0, 0.05) is 24.9 Å². The van der Waals surface area contributed by atoms with Crippen LogP contribution in [0.2, 0.25) is 0 Å². The van der Waals surface area contributed by atoms with Crippen molar-refractivity contribution in [3.05, 3.63) is 35.9 Å². The third-order valence-corrected chi connectivity index (χ3v) is 5.33. The molecule has 3 aliphatic rings. The highest BCUT2D eigenvalue weighted by Gasteiger charge is 2.62. The fourth-order valence-corrected chi connectivity index (χ4v) is 4.04. The van der Waals surface area contributed by atoms with Gasteiger partial charge in [0.2, 0.25) is 0 Å². The Kier molecular flexibility index (Phi) is 3.44. The maximum absolute atomic E-state index is 12.4. The number of aliphatic hydroxyl groups excluding tert-OH is 1. The zero-order chi connectivity index (χ0) is 15.3. The number of carbonyl (C=O) groups is 1. The molecule has 0 saturated carbocycles. The summed E-state index contributed by atoms with van der Waals surface area (Å²) < 4.78 is 11.4. The van der Waals surface area contributed by atoms with Crippen LogP contribution in [0, 0.1) is 0 Å². The van der Waals surface area contributed by atoms with Gasteiger partial charge in [-0.2, -0.15) is 0 Å². The molecule has 3 aliphatic heterocycles. The summed E-state index contributed by atoms with van der Waals surface area (Å²) in [6, 6.07) is 10.1. The zero-order valence-electron chi connectivity index (χ0n) is 12.6. The molecule has 118 valence electrons. The van der Waals surface area contributed by atoms with Gasteiger partial charge in [0.05, 0.1) is 6.61 Å². The Morgan fingerprint density at radius 1 is 1.32 bits per heavy atom. The predicted octanol–water partition coefficient (Wildman–Crippen LogP) is 0.918. The van der Waals surface area contributed by atoms with Crippen LogP contribution < -0.4 is 0 Å². The molecule has 0 spiro atoms. The summed E-state index contributed by atoms with van der Waals surface area (Å²) in [6.45, 7) is -0.226. The Hall–Kier alpha value is -1.43. The largest absolute Gasteiger partial charge is 0.462 e. The molecule has 4 rings (SSSR count). The van der Waals surface area contributed by atoms with Crippen molar-refractivity contribution in [2.75, 3.05) is 13.7 Å². The van der Waals surface area contributed by atoms with Crippen LogP contribution >= 0.6 is 0 Å². The summed E-state index contributed by atoms with van der Waals surface area (Å²) in [5, 5.41) is 9.56. The van der Waals surface area contributed by atoms with Crippen LogP contribution in [0.15, 0.2) is 30.3 Å². The highest BCUT2D eigenvalue weighted by molar-refractivity contribution is 5.78. The van der Waals surface area contributed by atoms with Crippen LogP contribution in [-0.2, 0) is 14.3 Å². The third kappa shape index (κ3) is 2.24. The molecule has 5 heteroatoms. The van der Waals surface area contributed by atoms with Gasteiger partial charge in [0.25, 0.3) is 0 Å². The minimum Gasteiger partial charge on any atom is -0.462 e. The van der Waals surface area contributed by atoms with Gasteiger partial charge in [0.1, 0.15) is 24.2 Å². The third-order valence-electron chi connectivity index (χ3n) is 5.33. The van der Waals surface area contributed by atoms with Crippen molar-refractivity contribution >= 4 is 5.97 Å². The standard InChI is InChI=1S/C17H21NO4/c1-18-13-7-11(8-14(18)16-15(13)22-16)21-17(20)12(9-19)10-5-3-2-4-6-10/h2-6,11-16,19H,7-9H2,1H3/t11?,12-,13?,14?,15-,16?/m1/s1. The zero-order valence-corrected chi connectivity index (χ0v) is 12.6. The lowest BCUT2D eigenvalue weighted by atomic mass is 9.97. The maximum atomic E-state index is 12.4. The van der Waals surface area contributed by atoms with Crippen molar-refractivity contribution < 1.29 is 19.4 Å². The minimum atomic E-state index is -0.593. The van der Waals surface area contributed by atoms with Gasteiger partial charge < -0.3 is 14.6 Å². The van der Waals surface area contributed by atoms with Gasteiger partial charge in [-0.25, -0.2) is 0 Å². The number of epoxide rings is 1. The molecular formula is C17H21NO4. The van der Waals surface area contributed by atoms with E-state index in [4.69, 9.17) is 9.47 Å². The van der Waals surface area contributed by atoms with E-state index in [1.165, 1.54) is 0 Å². The van der Waals surface area contributed by atoms with Crippen LogP contribution in [0.1, 0.15) is 24.3 Å². The van der Waals surface area contributed by atoms with E-state index in [2.05, 4.69) is 11.9 Å². The second-order valence-electron chi connectivity index (χ2n) is 6.54. The molecule has 3 heterocycles. The molecule has 22 heavy (non-hydrogen) atoms. The molecule has 1 aromatic carbocycles. The number of morpholine rings is 1. The number of benzene rings is 1. The van der Waals surface area contributed by atoms with Crippen molar-refractivity contribution in [1.29, 1.82) is 0 Å². The predicted molar refractivity (Wildman–Crippen MR) is 79.4 cm³/mol. The molecule has 6 atom stereocenters. The lowest BCUT2D eigenvalue weighted by Crippen LogP contribution is -2.48. The lowest BCUT2D eigenvalue weighted by molar-refractivity contribution is -0.156. The van der Waals surface area contributed by atoms with Crippen LogP contribution in [0.4, 0.5) is 0 Å². The van der Waals surface area contributed by atoms with Gasteiger partial charge in [-0.05, 0) is 12.6 Å². The number of aliphatic hydroxyl groups is 1. The van der Waals surface area contributed by atoms with Crippen molar-refractivity contribution in [2.24, 2.45) is 0 Å². The van der Waals surface area contributed by atoms with E-state index in [1.54, 1.807) is 0 Å². The van der Waals surface area contributed by atoms with Crippen LogP contribution in [0.5, 0.6) is 0 Å². The van der Waals surface area contributed by atoms with E-state index in [0.717, 1.165) is 18.4 Å². The molecule has 4 unspecified atom stereocenters. The molecule has 0 aliphatic carbocycles. The maximum Gasteiger partial charge on any atom is 0.316 e. The normalized spacial score (nSPS) is 37.5. The summed E-state index contributed by atoms with van der Waals surface area (Å²) in [5.74, 6) is -0.915. The Morgan fingerprint density at radius 3 is 2.55 bits per heavy atom. The van der Waals surface area contributed by atoms with E-state index >= 15 is 0 Å². The number of nitrogens with zero attached hydrogens (tertiary/aromatic N) is 1. The molecule has 5 nitrogen and oxygen atoms in total. The van der Waals surface area contributed by atoms with Crippen molar-refractivity contribution in [1.82, 2.24) is 4.90 Å². The molecule has 0 amide bonds. The van der Waals surface area contributed by atoms with Crippen LogP contribution in [0.3, 0.4) is 0 Å². The molecule has 3 fully saturated rings. The average Bonchev–Trinajstić information content (AvgIpc) is 3.27. The highest BCUT2D eigenvalue weighted by atomic mass is 16.6.